The lowest BCUT2D eigenvalue weighted by molar-refractivity contribution is 0.701. The van der Waals surface area contributed by atoms with Crippen molar-refractivity contribution in [3.63, 3.8) is 0 Å². The zero-order chi connectivity index (χ0) is 10.7. The lowest BCUT2D eigenvalue weighted by Crippen LogP contribution is -2.24. The van der Waals surface area contributed by atoms with E-state index in [0.29, 0.717) is 0 Å². The average molecular weight is 225 g/mol. The van der Waals surface area contributed by atoms with Gasteiger partial charge in [0, 0.05) is 29.8 Å². The van der Waals surface area contributed by atoms with Gasteiger partial charge in [0.15, 0.2) is 0 Å². The molecule has 2 nitrogen and oxygen atoms in total. The van der Waals surface area contributed by atoms with Gasteiger partial charge in [0.1, 0.15) is 0 Å². The fraction of sp³-hybridized carbons (Fsp3) is 0.500. The summed E-state index contributed by atoms with van der Waals surface area (Å²) in [5.41, 5.74) is 2.38. The van der Waals surface area contributed by atoms with Gasteiger partial charge in [-0.15, -0.1) is 0 Å². The molecule has 0 atom stereocenters. The van der Waals surface area contributed by atoms with Gasteiger partial charge in [0.2, 0.25) is 0 Å². The third kappa shape index (κ3) is 3.40. The number of hydrogen-bond acceptors (Lipinski definition) is 2. The molecule has 0 bridgehead atoms. The first-order chi connectivity index (χ1) is 7.25. The average Bonchev–Trinajstić information content (AvgIpc) is 3.01. The molecule has 0 amide bonds. The van der Waals surface area contributed by atoms with E-state index < -0.39 is 0 Å². The van der Waals surface area contributed by atoms with Gasteiger partial charge in [-0.1, -0.05) is 17.7 Å². The van der Waals surface area contributed by atoms with Crippen LogP contribution in [0.2, 0.25) is 5.02 Å². The highest BCUT2D eigenvalue weighted by molar-refractivity contribution is 6.30. The summed E-state index contributed by atoms with van der Waals surface area (Å²) >= 11 is 5.93. The number of nitrogens with one attached hydrogen (secondary N) is 2. The van der Waals surface area contributed by atoms with Crippen molar-refractivity contribution in [1.82, 2.24) is 5.32 Å². The lowest BCUT2D eigenvalue weighted by atomic mass is 10.2. The van der Waals surface area contributed by atoms with Gasteiger partial charge in [-0.2, -0.15) is 0 Å². The summed E-state index contributed by atoms with van der Waals surface area (Å²) in [6.45, 7) is 4.07. The molecule has 0 heterocycles. The van der Waals surface area contributed by atoms with Gasteiger partial charge in [-0.05, 0) is 37.5 Å². The Hall–Kier alpha value is -0.730. The molecule has 1 fully saturated rings. The fourth-order valence-corrected chi connectivity index (χ4v) is 1.72. The number of anilines is 1. The Balaban J connectivity index is 1.78. The van der Waals surface area contributed by atoms with Crippen LogP contribution >= 0.6 is 11.6 Å². The Morgan fingerprint density at radius 3 is 2.87 bits per heavy atom. The molecule has 2 N–H and O–H groups in total. The highest BCUT2D eigenvalue weighted by atomic mass is 35.5. The Kier molecular flexibility index (Phi) is 3.49. The number of halogens is 1. The Morgan fingerprint density at radius 1 is 1.33 bits per heavy atom. The molecule has 1 aromatic rings. The summed E-state index contributed by atoms with van der Waals surface area (Å²) in [5, 5.41) is 7.65. The smallest absolute Gasteiger partial charge is 0.0426 e. The minimum atomic E-state index is 0.784. The highest BCUT2D eigenvalue weighted by Gasteiger charge is 2.19. The Bertz CT molecular complexity index is 334. The first kappa shape index (κ1) is 10.8. The molecule has 1 aliphatic carbocycles. The molecule has 0 radical (unpaired) electrons. The van der Waals surface area contributed by atoms with E-state index >= 15 is 0 Å². The normalized spacial score (nSPS) is 15.3. The van der Waals surface area contributed by atoms with Gasteiger partial charge in [-0.25, -0.2) is 0 Å². The molecule has 0 spiro atoms. The third-order valence-electron chi connectivity index (χ3n) is 2.65. The minimum Gasteiger partial charge on any atom is -0.384 e. The van der Waals surface area contributed by atoms with Crippen molar-refractivity contribution in [3.05, 3.63) is 28.8 Å². The molecule has 0 unspecified atom stereocenters. The molecule has 3 heteroatoms. The molecule has 82 valence electrons. The second kappa shape index (κ2) is 4.86. The van der Waals surface area contributed by atoms with E-state index in [2.05, 4.69) is 17.6 Å². The largest absolute Gasteiger partial charge is 0.384 e. The molecule has 0 saturated heterocycles. The fourth-order valence-electron chi connectivity index (χ4n) is 1.55. The summed E-state index contributed by atoms with van der Waals surface area (Å²) < 4.78 is 0. The van der Waals surface area contributed by atoms with Crippen molar-refractivity contribution < 1.29 is 0 Å². The number of hydrogen-bond donors (Lipinski definition) is 2. The zero-order valence-electron chi connectivity index (χ0n) is 9.02. The van der Waals surface area contributed by atoms with E-state index in [1.54, 1.807) is 0 Å². The topological polar surface area (TPSA) is 24.1 Å². The molecule has 1 aliphatic rings. The predicted octanol–water partition coefficient (Wildman–Crippen LogP) is 2.81. The third-order valence-corrected chi connectivity index (χ3v) is 2.89. The van der Waals surface area contributed by atoms with Crippen LogP contribution in [0, 0.1) is 6.92 Å². The van der Waals surface area contributed by atoms with Crippen LogP contribution in [0.15, 0.2) is 18.2 Å². The molecule has 0 aliphatic heterocycles. The predicted molar refractivity (Wildman–Crippen MR) is 65.7 cm³/mol. The van der Waals surface area contributed by atoms with Crippen LogP contribution in [0.3, 0.4) is 0 Å². The van der Waals surface area contributed by atoms with Crippen molar-refractivity contribution in [2.24, 2.45) is 0 Å². The van der Waals surface area contributed by atoms with E-state index in [1.807, 2.05) is 18.2 Å². The van der Waals surface area contributed by atoms with Crippen LogP contribution in [-0.4, -0.2) is 19.1 Å². The zero-order valence-corrected chi connectivity index (χ0v) is 9.77. The highest BCUT2D eigenvalue weighted by Crippen LogP contribution is 2.20. The maximum Gasteiger partial charge on any atom is 0.0426 e. The molecular formula is C12H17ClN2. The molecular weight excluding hydrogens is 208 g/mol. The SMILES string of the molecule is Cc1ccc(Cl)cc1NCCNC1CC1. The van der Waals surface area contributed by atoms with Gasteiger partial charge in [-0.3, -0.25) is 0 Å². The van der Waals surface area contributed by atoms with E-state index in [9.17, 15) is 0 Å². The van der Waals surface area contributed by atoms with Crippen molar-refractivity contribution in [2.45, 2.75) is 25.8 Å². The number of benzene rings is 1. The van der Waals surface area contributed by atoms with Crippen molar-refractivity contribution in [3.8, 4) is 0 Å². The standard InChI is InChI=1S/C12H17ClN2/c1-9-2-3-10(13)8-12(9)15-7-6-14-11-4-5-11/h2-3,8,11,14-15H,4-7H2,1H3. The second-order valence-corrected chi connectivity index (χ2v) is 4.55. The molecule has 1 aromatic carbocycles. The maximum atomic E-state index is 5.93. The summed E-state index contributed by atoms with van der Waals surface area (Å²) in [5.74, 6) is 0. The molecule has 2 rings (SSSR count). The quantitative estimate of drug-likeness (QED) is 0.752. The first-order valence-corrected chi connectivity index (χ1v) is 5.87. The van der Waals surface area contributed by atoms with Crippen molar-refractivity contribution in [2.75, 3.05) is 18.4 Å². The van der Waals surface area contributed by atoms with Crippen LogP contribution in [0.4, 0.5) is 5.69 Å². The van der Waals surface area contributed by atoms with Crippen LogP contribution in [0.5, 0.6) is 0 Å². The van der Waals surface area contributed by atoms with Crippen molar-refractivity contribution >= 4 is 17.3 Å². The van der Waals surface area contributed by atoms with Crippen LogP contribution in [-0.2, 0) is 0 Å². The molecule has 0 aromatic heterocycles. The number of rotatable bonds is 5. The van der Waals surface area contributed by atoms with Crippen molar-refractivity contribution in [1.29, 1.82) is 0 Å². The van der Waals surface area contributed by atoms with E-state index in [-0.39, 0.29) is 0 Å². The summed E-state index contributed by atoms with van der Waals surface area (Å²) in [4.78, 5) is 0. The summed E-state index contributed by atoms with van der Waals surface area (Å²) in [6.07, 6.45) is 2.69. The summed E-state index contributed by atoms with van der Waals surface area (Å²) in [7, 11) is 0. The minimum absolute atomic E-state index is 0.784. The summed E-state index contributed by atoms with van der Waals surface area (Å²) in [6, 6.07) is 6.73. The van der Waals surface area contributed by atoms with Gasteiger partial charge < -0.3 is 10.6 Å². The van der Waals surface area contributed by atoms with Crippen LogP contribution in [0.1, 0.15) is 18.4 Å². The van der Waals surface area contributed by atoms with Gasteiger partial charge >= 0.3 is 0 Å². The maximum absolute atomic E-state index is 5.93. The molecule has 15 heavy (non-hydrogen) atoms. The Morgan fingerprint density at radius 2 is 2.13 bits per heavy atom. The lowest BCUT2D eigenvalue weighted by Gasteiger charge is -2.10. The van der Waals surface area contributed by atoms with Gasteiger partial charge in [0.25, 0.3) is 0 Å². The second-order valence-electron chi connectivity index (χ2n) is 4.11. The van der Waals surface area contributed by atoms with Gasteiger partial charge in [0.05, 0.1) is 0 Å². The first-order valence-electron chi connectivity index (χ1n) is 5.49. The van der Waals surface area contributed by atoms with E-state index in [0.717, 1.165) is 29.8 Å². The Labute approximate surface area is 96.0 Å². The van der Waals surface area contributed by atoms with Crippen LogP contribution < -0.4 is 10.6 Å². The molecule has 1 saturated carbocycles. The van der Waals surface area contributed by atoms with Crippen LogP contribution in [0.25, 0.3) is 0 Å². The monoisotopic (exact) mass is 224 g/mol. The van der Waals surface area contributed by atoms with E-state index in [4.69, 9.17) is 11.6 Å². The number of aryl methyl sites for hydroxylation is 1. The van der Waals surface area contributed by atoms with E-state index in [1.165, 1.54) is 18.4 Å².